The molecule has 5 rings (SSSR count). The number of carbonyl (C=O) groups is 1. The summed E-state index contributed by atoms with van der Waals surface area (Å²) in [6, 6.07) is 6.41. The van der Waals surface area contributed by atoms with Gasteiger partial charge in [0.15, 0.2) is 11.5 Å². The highest BCUT2D eigenvalue weighted by Crippen LogP contribution is 2.41. The number of hydrogen-bond donors (Lipinski definition) is 1. The molecule has 0 spiro atoms. The van der Waals surface area contributed by atoms with Gasteiger partial charge in [-0.15, -0.1) is 0 Å². The number of benzene rings is 1. The van der Waals surface area contributed by atoms with Crippen molar-refractivity contribution in [2.45, 2.75) is 57.1 Å². The Morgan fingerprint density at radius 3 is 2.58 bits per heavy atom. The Hall–Kier alpha value is -2.19. The minimum atomic E-state index is -0.246. The van der Waals surface area contributed by atoms with E-state index < -0.39 is 0 Å². The fourth-order valence-electron chi connectivity index (χ4n) is 5.48. The van der Waals surface area contributed by atoms with Crippen LogP contribution in [-0.2, 0) is 9.47 Å². The summed E-state index contributed by atoms with van der Waals surface area (Å²) in [7, 11) is 0. The van der Waals surface area contributed by atoms with Gasteiger partial charge >= 0.3 is 6.09 Å². The summed E-state index contributed by atoms with van der Waals surface area (Å²) in [5, 5.41) is 3.09. The molecule has 8 heteroatoms. The minimum absolute atomic E-state index is 0.0132. The fraction of sp³-hybridized carbons (Fsp3) is 0.720. The van der Waals surface area contributed by atoms with E-state index in [-0.39, 0.29) is 18.2 Å². The molecule has 1 N–H and O–H groups in total. The smallest absolute Gasteiger partial charge is 0.407 e. The Bertz CT molecular complexity index is 784. The Balaban J connectivity index is 0.980. The first-order valence-corrected chi connectivity index (χ1v) is 12.7. The van der Waals surface area contributed by atoms with Crippen LogP contribution in [-0.4, -0.2) is 75.9 Å². The van der Waals surface area contributed by atoms with Crippen molar-refractivity contribution in [1.82, 2.24) is 10.2 Å². The molecule has 1 aliphatic carbocycles. The zero-order valence-electron chi connectivity index (χ0n) is 19.5. The van der Waals surface area contributed by atoms with Crippen LogP contribution >= 0.6 is 0 Å². The summed E-state index contributed by atoms with van der Waals surface area (Å²) >= 11 is 0. The van der Waals surface area contributed by atoms with Gasteiger partial charge in [0.05, 0.1) is 18.9 Å². The van der Waals surface area contributed by atoms with Crippen LogP contribution in [0.25, 0.3) is 0 Å². The number of para-hydroxylation sites is 1. The first-order chi connectivity index (χ1) is 16.2. The van der Waals surface area contributed by atoms with Crippen molar-refractivity contribution in [2.24, 2.45) is 5.92 Å². The molecule has 3 aliphatic heterocycles. The Morgan fingerprint density at radius 2 is 1.79 bits per heavy atom. The number of carbonyl (C=O) groups excluding carboxylic acids is 1. The van der Waals surface area contributed by atoms with E-state index in [0.717, 1.165) is 81.5 Å². The number of fused-ring (bicyclic) bond motifs is 1. The van der Waals surface area contributed by atoms with Gasteiger partial charge in [0.2, 0.25) is 6.79 Å². The number of ether oxygens (including phenoxy) is 4. The quantitative estimate of drug-likeness (QED) is 0.699. The Labute approximate surface area is 196 Å². The van der Waals surface area contributed by atoms with Crippen molar-refractivity contribution >= 4 is 11.8 Å². The highest BCUT2D eigenvalue weighted by Gasteiger charge is 2.27. The monoisotopic (exact) mass is 459 g/mol. The molecule has 3 fully saturated rings. The standard InChI is InChI=1S/C25H37N3O5/c29-25(33-21-9-16-30-17-10-21)26-20-6-4-19(5-7-20)8-11-27-12-14-28(15-13-27)22-2-1-3-23-24(22)32-18-31-23/h1-3,19-21H,4-18H2,(H,26,29)/t19-,20-. The number of amides is 1. The SMILES string of the molecule is O=C(N[C@H]1CC[C@H](CCN2CCN(c3cccc4c3OCO4)CC2)CC1)OC1CCOCC1. The topological polar surface area (TPSA) is 72.5 Å². The van der Waals surface area contributed by atoms with E-state index in [1.54, 1.807) is 0 Å². The molecular weight excluding hydrogens is 422 g/mol. The van der Waals surface area contributed by atoms with Gasteiger partial charge in [0.25, 0.3) is 0 Å². The molecule has 2 saturated heterocycles. The van der Waals surface area contributed by atoms with Crippen molar-refractivity contribution in [3.63, 3.8) is 0 Å². The van der Waals surface area contributed by atoms with Crippen LogP contribution in [0.2, 0.25) is 0 Å². The third kappa shape index (κ3) is 5.84. The summed E-state index contributed by atoms with van der Waals surface area (Å²) in [5.41, 5.74) is 1.16. The van der Waals surface area contributed by atoms with Crippen LogP contribution < -0.4 is 19.7 Å². The highest BCUT2D eigenvalue weighted by molar-refractivity contribution is 5.68. The molecule has 1 saturated carbocycles. The fourth-order valence-corrected chi connectivity index (χ4v) is 5.48. The zero-order valence-corrected chi connectivity index (χ0v) is 19.5. The maximum absolute atomic E-state index is 12.2. The molecule has 0 atom stereocenters. The summed E-state index contributed by atoms with van der Waals surface area (Å²) in [5.74, 6) is 2.51. The lowest BCUT2D eigenvalue weighted by molar-refractivity contribution is 0.000273. The number of nitrogens with zero attached hydrogens (tertiary/aromatic N) is 2. The van der Waals surface area contributed by atoms with Crippen molar-refractivity contribution in [2.75, 3.05) is 57.6 Å². The van der Waals surface area contributed by atoms with E-state index in [4.69, 9.17) is 18.9 Å². The van der Waals surface area contributed by atoms with E-state index in [9.17, 15) is 4.79 Å². The molecule has 0 aromatic heterocycles. The van der Waals surface area contributed by atoms with Crippen LogP contribution in [0.1, 0.15) is 44.9 Å². The second-order valence-corrected chi connectivity index (χ2v) is 9.71. The van der Waals surface area contributed by atoms with E-state index in [1.165, 1.54) is 19.3 Å². The maximum atomic E-state index is 12.2. The van der Waals surface area contributed by atoms with Gasteiger partial charge in [-0.2, -0.15) is 0 Å². The number of anilines is 1. The first-order valence-electron chi connectivity index (χ1n) is 12.7. The van der Waals surface area contributed by atoms with E-state index >= 15 is 0 Å². The third-order valence-electron chi connectivity index (χ3n) is 7.55. The molecule has 1 amide bonds. The molecule has 182 valence electrons. The van der Waals surface area contributed by atoms with Crippen LogP contribution in [0.4, 0.5) is 10.5 Å². The molecule has 4 aliphatic rings. The van der Waals surface area contributed by atoms with E-state index in [1.807, 2.05) is 12.1 Å². The van der Waals surface area contributed by atoms with Crippen molar-refractivity contribution in [1.29, 1.82) is 0 Å². The predicted molar refractivity (Wildman–Crippen MR) is 125 cm³/mol. The van der Waals surface area contributed by atoms with Crippen LogP contribution in [0.15, 0.2) is 18.2 Å². The summed E-state index contributed by atoms with van der Waals surface area (Å²) in [6.07, 6.45) is 7.13. The van der Waals surface area contributed by atoms with Crippen LogP contribution in [0.3, 0.4) is 0 Å². The molecule has 0 radical (unpaired) electrons. The van der Waals surface area contributed by atoms with Crippen LogP contribution in [0, 0.1) is 5.92 Å². The van der Waals surface area contributed by atoms with Gasteiger partial charge < -0.3 is 29.2 Å². The minimum Gasteiger partial charge on any atom is -0.454 e. The normalized spacial score (nSPS) is 26.2. The number of rotatable bonds is 6. The largest absolute Gasteiger partial charge is 0.454 e. The van der Waals surface area contributed by atoms with Gasteiger partial charge in [0.1, 0.15) is 6.10 Å². The van der Waals surface area contributed by atoms with Crippen molar-refractivity contribution in [3.05, 3.63) is 18.2 Å². The van der Waals surface area contributed by atoms with Gasteiger partial charge in [0, 0.05) is 45.1 Å². The highest BCUT2D eigenvalue weighted by atomic mass is 16.7. The molecular formula is C25H37N3O5. The first kappa shape index (κ1) is 22.6. The Morgan fingerprint density at radius 1 is 1.00 bits per heavy atom. The van der Waals surface area contributed by atoms with Gasteiger partial charge in [-0.1, -0.05) is 6.07 Å². The summed E-state index contributed by atoms with van der Waals surface area (Å²) < 4.78 is 22.1. The van der Waals surface area contributed by atoms with E-state index in [2.05, 4.69) is 21.2 Å². The molecule has 1 aromatic rings. The number of hydrogen-bond acceptors (Lipinski definition) is 7. The molecule has 8 nitrogen and oxygen atoms in total. The average Bonchev–Trinajstić information content (AvgIpc) is 3.34. The predicted octanol–water partition coefficient (Wildman–Crippen LogP) is 3.39. The maximum Gasteiger partial charge on any atom is 0.407 e. The molecule has 0 unspecified atom stereocenters. The van der Waals surface area contributed by atoms with E-state index in [0.29, 0.717) is 20.0 Å². The number of alkyl carbamates (subject to hydrolysis) is 1. The summed E-state index contributed by atoms with van der Waals surface area (Å²) in [6.45, 7) is 7.07. The molecule has 0 bridgehead atoms. The number of piperazine rings is 1. The Kier molecular flexibility index (Phi) is 7.41. The van der Waals surface area contributed by atoms with Crippen LogP contribution in [0.5, 0.6) is 11.5 Å². The van der Waals surface area contributed by atoms with Gasteiger partial charge in [-0.05, 0) is 56.7 Å². The molecule has 1 aromatic carbocycles. The van der Waals surface area contributed by atoms with Crippen molar-refractivity contribution in [3.8, 4) is 11.5 Å². The lowest BCUT2D eigenvalue weighted by Crippen LogP contribution is -2.47. The molecule has 3 heterocycles. The molecule has 33 heavy (non-hydrogen) atoms. The number of nitrogens with one attached hydrogen (secondary N) is 1. The van der Waals surface area contributed by atoms with Gasteiger partial charge in [-0.25, -0.2) is 4.79 Å². The summed E-state index contributed by atoms with van der Waals surface area (Å²) in [4.78, 5) is 17.2. The van der Waals surface area contributed by atoms with Crippen molar-refractivity contribution < 1.29 is 23.7 Å². The van der Waals surface area contributed by atoms with Gasteiger partial charge in [-0.3, -0.25) is 4.90 Å². The third-order valence-corrected chi connectivity index (χ3v) is 7.55. The average molecular weight is 460 g/mol. The second kappa shape index (κ2) is 10.8. The lowest BCUT2D eigenvalue weighted by atomic mass is 9.84. The second-order valence-electron chi connectivity index (χ2n) is 9.71. The lowest BCUT2D eigenvalue weighted by Gasteiger charge is -2.37. The zero-order chi connectivity index (χ0) is 22.5.